The Morgan fingerprint density at radius 1 is 1.38 bits per heavy atom. The van der Waals surface area contributed by atoms with Crippen molar-refractivity contribution in [2.24, 2.45) is 11.7 Å². The van der Waals surface area contributed by atoms with Gasteiger partial charge in [0.15, 0.2) is 0 Å². The first-order valence-electron chi connectivity index (χ1n) is 5.99. The molecule has 1 rings (SSSR count). The van der Waals surface area contributed by atoms with Crippen LogP contribution >= 0.6 is 12.4 Å². The average Bonchev–Trinajstić information content (AvgIpc) is 2.37. The van der Waals surface area contributed by atoms with Gasteiger partial charge in [-0.15, -0.1) is 12.4 Å². The summed E-state index contributed by atoms with van der Waals surface area (Å²) in [5.41, 5.74) is 4.91. The molecule has 8 heteroatoms. The first-order valence-corrected chi connectivity index (χ1v) is 5.99. The second kappa shape index (κ2) is 8.21. The minimum Gasteiger partial charge on any atom is -0.384 e. The fourth-order valence-corrected chi connectivity index (χ4v) is 1.64. The Morgan fingerprint density at radius 3 is 2.48 bits per heavy atom. The van der Waals surface area contributed by atoms with Crippen LogP contribution in [0, 0.1) is 5.92 Å². The molecule has 0 aliphatic heterocycles. The van der Waals surface area contributed by atoms with Crippen molar-refractivity contribution in [2.75, 3.05) is 19.0 Å². The van der Waals surface area contributed by atoms with E-state index in [2.05, 4.69) is 5.32 Å². The molecule has 0 bridgehead atoms. The zero-order valence-corrected chi connectivity index (χ0v) is 12.5. The van der Waals surface area contributed by atoms with Crippen LogP contribution in [0.5, 0.6) is 0 Å². The molecule has 0 aromatic heterocycles. The topological polar surface area (TPSA) is 64.3 Å². The lowest BCUT2D eigenvalue weighted by molar-refractivity contribution is -0.137. The van der Waals surface area contributed by atoms with Crippen molar-refractivity contribution in [1.82, 2.24) is 0 Å². The van der Waals surface area contributed by atoms with Gasteiger partial charge in [0.05, 0.1) is 18.1 Å². The monoisotopic (exact) mass is 326 g/mol. The third kappa shape index (κ3) is 5.91. The number of halogens is 4. The summed E-state index contributed by atoms with van der Waals surface area (Å²) in [4.78, 5) is 11.8. The van der Waals surface area contributed by atoms with Gasteiger partial charge >= 0.3 is 6.18 Å². The number of benzene rings is 1. The van der Waals surface area contributed by atoms with E-state index in [-0.39, 0.29) is 31.2 Å². The molecule has 0 fully saturated rings. The number of nitrogens with two attached hydrogens (primary N) is 1. The van der Waals surface area contributed by atoms with E-state index in [1.807, 2.05) is 0 Å². The van der Waals surface area contributed by atoms with Crippen LogP contribution in [0.4, 0.5) is 18.9 Å². The molecule has 3 N–H and O–H groups in total. The van der Waals surface area contributed by atoms with E-state index < -0.39 is 23.6 Å². The van der Waals surface area contributed by atoms with Crippen molar-refractivity contribution in [3.05, 3.63) is 29.3 Å². The zero-order valence-electron chi connectivity index (χ0n) is 11.7. The molecule has 0 saturated heterocycles. The van der Waals surface area contributed by atoms with Crippen LogP contribution < -0.4 is 11.1 Å². The number of methoxy groups -OCH3 is 1. The van der Waals surface area contributed by atoms with Gasteiger partial charge in [0.25, 0.3) is 0 Å². The van der Waals surface area contributed by atoms with Crippen molar-refractivity contribution in [3.63, 3.8) is 0 Å². The first-order chi connectivity index (χ1) is 9.27. The lowest BCUT2D eigenvalue weighted by Crippen LogP contribution is -2.24. The maximum atomic E-state index is 12.7. The lowest BCUT2D eigenvalue weighted by atomic mass is 10.1. The van der Waals surface area contributed by atoms with E-state index in [1.165, 1.54) is 13.2 Å². The number of nitrogens with one attached hydrogen (secondary N) is 1. The van der Waals surface area contributed by atoms with Gasteiger partial charge in [0.1, 0.15) is 0 Å². The number of rotatable bonds is 5. The zero-order chi connectivity index (χ0) is 15.3. The second-order valence-electron chi connectivity index (χ2n) is 4.47. The third-order valence-electron chi connectivity index (χ3n) is 2.69. The van der Waals surface area contributed by atoms with E-state index in [1.54, 1.807) is 6.92 Å². The van der Waals surface area contributed by atoms with Gasteiger partial charge in [-0.25, -0.2) is 0 Å². The van der Waals surface area contributed by atoms with E-state index >= 15 is 0 Å². The van der Waals surface area contributed by atoms with E-state index in [0.717, 1.165) is 12.1 Å². The molecule has 1 aromatic carbocycles. The maximum Gasteiger partial charge on any atom is 0.416 e. The van der Waals surface area contributed by atoms with Gasteiger partial charge in [0.2, 0.25) is 5.91 Å². The lowest BCUT2D eigenvalue weighted by Gasteiger charge is -2.14. The Balaban J connectivity index is 0.00000400. The Morgan fingerprint density at radius 2 is 2.00 bits per heavy atom. The van der Waals surface area contributed by atoms with Gasteiger partial charge in [-0.1, -0.05) is 6.92 Å². The summed E-state index contributed by atoms with van der Waals surface area (Å²) >= 11 is 0. The SMILES string of the molecule is COCC(C)C(=O)Nc1cc(CN)cc(C(F)(F)F)c1.Cl. The molecule has 0 saturated carbocycles. The highest BCUT2D eigenvalue weighted by Gasteiger charge is 2.31. The predicted molar refractivity (Wildman–Crippen MR) is 76.3 cm³/mol. The molecule has 0 aliphatic rings. The fourth-order valence-electron chi connectivity index (χ4n) is 1.64. The Labute approximate surface area is 127 Å². The number of anilines is 1. The number of amides is 1. The summed E-state index contributed by atoms with van der Waals surface area (Å²) in [6.45, 7) is 1.77. The van der Waals surface area contributed by atoms with E-state index in [9.17, 15) is 18.0 Å². The molecule has 120 valence electrons. The molecular formula is C13H18ClF3N2O2. The van der Waals surface area contributed by atoms with Gasteiger partial charge in [0, 0.05) is 19.3 Å². The standard InChI is InChI=1S/C13H17F3N2O2.ClH/c1-8(7-20-2)12(19)18-11-4-9(6-17)3-10(5-11)13(14,15)16;/h3-5,8H,6-7,17H2,1-2H3,(H,18,19);1H. The molecule has 21 heavy (non-hydrogen) atoms. The van der Waals surface area contributed by atoms with Gasteiger partial charge in [-0.3, -0.25) is 4.79 Å². The highest BCUT2D eigenvalue weighted by atomic mass is 35.5. The molecule has 1 unspecified atom stereocenters. The first kappa shape index (κ1) is 19.7. The maximum absolute atomic E-state index is 12.7. The summed E-state index contributed by atoms with van der Waals surface area (Å²) in [6.07, 6.45) is -4.48. The van der Waals surface area contributed by atoms with Crippen molar-refractivity contribution >= 4 is 24.0 Å². The summed E-state index contributed by atoms with van der Waals surface area (Å²) < 4.78 is 43.0. The van der Waals surface area contributed by atoms with Crippen molar-refractivity contribution in [1.29, 1.82) is 0 Å². The quantitative estimate of drug-likeness (QED) is 0.874. The Bertz CT molecular complexity index is 481. The third-order valence-corrected chi connectivity index (χ3v) is 2.69. The minimum absolute atomic E-state index is 0. The van der Waals surface area contributed by atoms with Gasteiger partial charge in [-0.05, 0) is 23.8 Å². The summed E-state index contributed by atoms with van der Waals surface area (Å²) in [6, 6.07) is 3.28. The molecule has 0 radical (unpaired) electrons. The van der Waals surface area contributed by atoms with Crippen molar-refractivity contribution in [3.8, 4) is 0 Å². The average molecular weight is 327 g/mol. The van der Waals surface area contributed by atoms with Crippen molar-refractivity contribution in [2.45, 2.75) is 19.6 Å². The Kier molecular flexibility index (Phi) is 7.70. The molecule has 0 heterocycles. The highest BCUT2D eigenvalue weighted by molar-refractivity contribution is 5.92. The summed E-state index contributed by atoms with van der Waals surface area (Å²) in [5.74, 6) is -0.870. The van der Waals surface area contributed by atoms with Gasteiger partial charge in [-0.2, -0.15) is 13.2 Å². The van der Waals surface area contributed by atoms with Crippen LogP contribution in [0.3, 0.4) is 0 Å². The summed E-state index contributed by atoms with van der Waals surface area (Å²) in [5, 5.41) is 2.44. The van der Waals surface area contributed by atoms with E-state index in [0.29, 0.717) is 5.56 Å². The molecular weight excluding hydrogens is 309 g/mol. The van der Waals surface area contributed by atoms with Crippen LogP contribution in [0.2, 0.25) is 0 Å². The Hall–Kier alpha value is -1.31. The van der Waals surface area contributed by atoms with Crippen molar-refractivity contribution < 1.29 is 22.7 Å². The number of carbonyl (C=O) groups excluding carboxylic acids is 1. The number of ether oxygens (including phenoxy) is 1. The number of hydrogen-bond donors (Lipinski definition) is 2. The molecule has 0 aliphatic carbocycles. The second-order valence-corrected chi connectivity index (χ2v) is 4.47. The number of hydrogen-bond acceptors (Lipinski definition) is 3. The van der Waals surface area contributed by atoms with Gasteiger partial charge < -0.3 is 15.8 Å². The molecule has 1 aromatic rings. The number of alkyl halides is 3. The highest BCUT2D eigenvalue weighted by Crippen LogP contribution is 2.32. The largest absolute Gasteiger partial charge is 0.416 e. The molecule has 1 atom stereocenters. The van der Waals surface area contributed by atoms with Crippen LogP contribution in [0.15, 0.2) is 18.2 Å². The minimum atomic E-state index is -4.48. The summed E-state index contributed by atoms with van der Waals surface area (Å²) in [7, 11) is 1.45. The molecule has 0 spiro atoms. The molecule has 4 nitrogen and oxygen atoms in total. The number of carbonyl (C=O) groups is 1. The van der Waals surface area contributed by atoms with E-state index in [4.69, 9.17) is 10.5 Å². The molecule has 1 amide bonds. The normalized spacial score (nSPS) is 12.5. The smallest absolute Gasteiger partial charge is 0.384 e. The van der Waals surface area contributed by atoms with Crippen LogP contribution in [0.1, 0.15) is 18.1 Å². The van der Waals surface area contributed by atoms with Crippen LogP contribution in [-0.2, 0) is 22.3 Å². The van der Waals surface area contributed by atoms with Crippen LogP contribution in [-0.4, -0.2) is 19.6 Å². The van der Waals surface area contributed by atoms with Crippen LogP contribution in [0.25, 0.3) is 0 Å². The predicted octanol–water partition coefficient (Wildman–Crippen LogP) is 2.81. The fraction of sp³-hybridized carbons (Fsp3) is 0.462.